The van der Waals surface area contributed by atoms with Gasteiger partial charge < -0.3 is 24.4 Å². The van der Waals surface area contributed by atoms with Gasteiger partial charge in [0.25, 0.3) is 10.0 Å². The van der Waals surface area contributed by atoms with Crippen molar-refractivity contribution in [3.63, 3.8) is 0 Å². The first-order valence-corrected chi connectivity index (χ1v) is 12.1. The Morgan fingerprint density at radius 2 is 1.82 bits per heavy atom. The molecule has 2 heterocycles. The van der Waals surface area contributed by atoms with Crippen molar-refractivity contribution in [1.29, 1.82) is 0 Å². The van der Waals surface area contributed by atoms with Gasteiger partial charge in [-0.05, 0) is 35.4 Å². The Morgan fingerprint density at radius 1 is 1.12 bits per heavy atom. The van der Waals surface area contributed by atoms with Gasteiger partial charge in [0, 0.05) is 12.5 Å². The number of aromatic nitrogens is 2. The third-order valence-corrected chi connectivity index (χ3v) is 6.93. The third-order valence-electron chi connectivity index (χ3n) is 5.58. The van der Waals surface area contributed by atoms with Crippen LogP contribution in [0.3, 0.4) is 0 Å². The van der Waals surface area contributed by atoms with Crippen molar-refractivity contribution in [2.45, 2.75) is 24.2 Å². The van der Waals surface area contributed by atoms with E-state index in [0.717, 1.165) is 5.56 Å². The Labute approximate surface area is 197 Å². The van der Waals surface area contributed by atoms with Gasteiger partial charge in [-0.15, -0.1) is 5.10 Å². The Hall–Kier alpha value is -3.28. The van der Waals surface area contributed by atoms with E-state index < -0.39 is 15.4 Å². The number of aliphatic hydroxyl groups excluding tert-OH is 2. The molecule has 3 N–H and O–H groups in total. The molecule has 0 saturated heterocycles. The average molecular weight is 490 g/mol. The minimum atomic E-state index is -3.99. The van der Waals surface area contributed by atoms with Crippen molar-refractivity contribution in [2.75, 3.05) is 31.3 Å². The second-order valence-corrected chi connectivity index (χ2v) is 10.1. The fourth-order valence-electron chi connectivity index (χ4n) is 3.53. The Bertz CT molecular complexity index is 1280. The number of aliphatic hydroxyl groups is 2. The molecule has 10 nitrogen and oxygen atoms in total. The molecule has 34 heavy (non-hydrogen) atoms. The van der Waals surface area contributed by atoms with Crippen LogP contribution in [-0.2, 0) is 22.5 Å². The summed E-state index contributed by atoms with van der Waals surface area (Å²) < 4.78 is 46.9. The van der Waals surface area contributed by atoms with Crippen LogP contribution in [0.2, 0.25) is 0 Å². The van der Waals surface area contributed by atoms with Crippen LogP contribution in [0.15, 0.2) is 47.4 Å². The highest BCUT2D eigenvalue weighted by molar-refractivity contribution is 7.92. The molecule has 0 unspecified atom stereocenters. The van der Waals surface area contributed by atoms with Gasteiger partial charge in [-0.3, -0.25) is 4.72 Å². The lowest BCUT2D eigenvalue weighted by Crippen LogP contribution is -2.22. The zero-order valence-corrected chi connectivity index (χ0v) is 19.9. The molecule has 0 radical (unpaired) electrons. The number of rotatable bonds is 9. The minimum absolute atomic E-state index is 0.0111. The molecule has 2 aromatic carbocycles. The monoisotopic (exact) mass is 489 g/mol. The molecule has 1 aliphatic heterocycles. The fraction of sp³-hybridized carbons (Fsp3) is 0.348. The van der Waals surface area contributed by atoms with E-state index in [1.807, 2.05) is 13.8 Å². The second kappa shape index (κ2) is 9.16. The van der Waals surface area contributed by atoms with Crippen molar-refractivity contribution in [3.05, 3.63) is 48.0 Å². The van der Waals surface area contributed by atoms with Crippen LogP contribution >= 0.6 is 0 Å². The van der Waals surface area contributed by atoms with Gasteiger partial charge in [0.05, 0.1) is 23.7 Å². The van der Waals surface area contributed by atoms with Crippen LogP contribution in [-0.4, -0.2) is 55.0 Å². The van der Waals surface area contributed by atoms with Crippen molar-refractivity contribution >= 4 is 15.8 Å². The van der Waals surface area contributed by atoms with Gasteiger partial charge in [0.1, 0.15) is 12.4 Å². The average Bonchev–Trinajstić information content (AvgIpc) is 3.41. The fourth-order valence-corrected chi connectivity index (χ4v) is 4.64. The second-order valence-electron chi connectivity index (χ2n) is 8.46. The van der Waals surface area contributed by atoms with Crippen LogP contribution < -0.4 is 18.9 Å². The molecule has 0 spiro atoms. The van der Waals surface area contributed by atoms with E-state index in [1.54, 1.807) is 37.4 Å². The number of hydrogen-bond donors (Lipinski definition) is 3. The summed E-state index contributed by atoms with van der Waals surface area (Å²) >= 11 is 0. The first-order chi connectivity index (χ1) is 16.2. The maximum absolute atomic E-state index is 13.3. The quantitative estimate of drug-likeness (QED) is 0.417. The van der Waals surface area contributed by atoms with Crippen LogP contribution in [0.4, 0.5) is 5.82 Å². The van der Waals surface area contributed by atoms with Gasteiger partial charge in [0.15, 0.2) is 11.5 Å². The van der Waals surface area contributed by atoms with Crippen LogP contribution in [0.1, 0.15) is 19.4 Å². The molecule has 0 atom stereocenters. The zero-order chi connectivity index (χ0) is 24.5. The van der Waals surface area contributed by atoms with E-state index in [2.05, 4.69) is 9.82 Å². The predicted octanol–water partition coefficient (Wildman–Crippen LogP) is 2.26. The molecule has 11 heteroatoms. The van der Waals surface area contributed by atoms with Crippen LogP contribution in [0.5, 0.6) is 17.4 Å². The highest BCUT2D eigenvalue weighted by Gasteiger charge is 2.27. The van der Waals surface area contributed by atoms with Gasteiger partial charge >= 0.3 is 0 Å². The van der Waals surface area contributed by atoms with Gasteiger partial charge in [0.2, 0.25) is 12.7 Å². The summed E-state index contributed by atoms with van der Waals surface area (Å²) in [4.78, 5) is 0.0562. The van der Waals surface area contributed by atoms with E-state index in [1.165, 1.54) is 16.8 Å². The van der Waals surface area contributed by atoms with Crippen LogP contribution in [0.25, 0.3) is 11.1 Å². The van der Waals surface area contributed by atoms with Crippen molar-refractivity contribution in [2.24, 2.45) is 7.05 Å². The number of fused-ring (bicyclic) bond motifs is 1. The number of ether oxygens (including phenoxy) is 3. The maximum atomic E-state index is 13.3. The Kier molecular flexibility index (Phi) is 6.43. The van der Waals surface area contributed by atoms with Gasteiger partial charge in [-0.1, -0.05) is 32.0 Å². The number of anilines is 1. The number of aryl methyl sites for hydroxylation is 1. The number of nitrogens with one attached hydrogen (secondary N) is 1. The predicted molar refractivity (Wildman–Crippen MR) is 125 cm³/mol. The van der Waals surface area contributed by atoms with Crippen molar-refractivity contribution in [1.82, 2.24) is 9.78 Å². The Balaban J connectivity index is 1.73. The minimum Gasteiger partial charge on any atom is -0.474 e. The van der Waals surface area contributed by atoms with Crippen LogP contribution in [0, 0.1) is 0 Å². The third kappa shape index (κ3) is 4.54. The van der Waals surface area contributed by atoms with Crippen molar-refractivity contribution in [3.8, 4) is 28.5 Å². The standard InChI is InChI=1S/C23H27N3O7S/c1-23(2,13-28)16-5-7-17(8-6-16)34(29,30)25-21-20(22(24-26(21)3)31-11-10-27)15-4-9-18-19(12-15)33-14-32-18/h4-9,12,25,27-28H,10-11,13-14H2,1-3H3. The van der Waals surface area contributed by atoms with Gasteiger partial charge in [-0.25, -0.2) is 13.1 Å². The highest BCUT2D eigenvalue weighted by Crippen LogP contribution is 2.42. The first-order valence-electron chi connectivity index (χ1n) is 10.6. The first kappa shape index (κ1) is 23.9. The molecule has 0 aliphatic carbocycles. The lowest BCUT2D eigenvalue weighted by atomic mass is 9.86. The molecule has 0 fully saturated rings. The summed E-state index contributed by atoms with van der Waals surface area (Å²) in [5.41, 5.74) is 1.32. The largest absolute Gasteiger partial charge is 0.474 e. The summed E-state index contributed by atoms with van der Waals surface area (Å²) in [7, 11) is -2.40. The molecule has 4 rings (SSSR count). The molecule has 1 aliphatic rings. The summed E-state index contributed by atoms with van der Waals surface area (Å²) in [6.45, 7) is 3.54. The molecular weight excluding hydrogens is 462 g/mol. The number of benzene rings is 2. The lowest BCUT2D eigenvalue weighted by Gasteiger charge is -2.22. The highest BCUT2D eigenvalue weighted by atomic mass is 32.2. The SMILES string of the molecule is Cn1nc(OCCO)c(-c2ccc3c(c2)OCO3)c1NS(=O)(=O)c1ccc(C(C)(C)CO)cc1. The normalized spacial score (nSPS) is 13.2. The molecular formula is C23H27N3O7S. The number of nitrogens with zero attached hydrogens (tertiary/aromatic N) is 2. The van der Waals surface area contributed by atoms with E-state index in [4.69, 9.17) is 14.2 Å². The summed E-state index contributed by atoms with van der Waals surface area (Å²) in [6.07, 6.45) is 0. The molecule has 3 aromatic rings. The number of sulfonamides is 1. The maximum Gasteiger partial charge on any atom is 0.263 e. The van der Waals surface area contributed by atoms with E-state index in [-0.39, 0.29) is 43.2 Å². The summed E-state index contributed by atoms with van der Waals surface area (Å²) in [5, 5.41) is 23.1. The molecule has 1 aromatic heterocycles. The van der Waals surface area contributed by atoms with E-state index in [9.17, 15) is 18.6 Å². The number of hydrogen-bond acceptors (Lipinski definition) is 8. The van der Waals surface area contributed by atoms with E-state index >= 15 is 0 Å². The molecule has 0 amide bonds. The lowest BCUT2D eigenvalue weighted by molar-refractivity contribution is 0.174. The smallest absolute Gasteiger partial charge is 0.263 e. The van der Waals surface area contributed by atoms with Crippen molar-refractivity contribution < 1.29 is 32.8 Å². The summed E-state index contributed by atoms with van der Waals surface area (Å²) in [6, 6.07) is 11.5. The molecule has 0 bridgehead atoms. The Morgan fingerprint density at radius 3 is 2.50 bits per heavy atom. The zero-order valence-electron chi connectivity index (χ0n) is 19.1. The topological polar surface area (TPSA) is 132 Å². The molecule has 0 saturated carbocycles. The van der Waals surface area contributed by atoms with Gasteiger partial charge in [-0.2, -0.15) is 0 Å². The summed E-state index contributed by atoms with van der Waals surface area (Å²) in [5.74, 6) is 1.45. The molecule has 182 valence electrons. The van der Waals surface area contributed by atoms with E-state index in [0.29, 0.717) is 22.6 Å².